The van der Waals surface area contributed by atoms with Crippen molar-refractivity contribution in [2.75, 3.05) is 7.05 Å². The van der Waals surface area contributed by atoms with Gasteiger partial charge in [-0.25, -0.2) is 0 Å². The first-order chi connectivity index (χ1) is 9.02. The van der Waals surface area contributed by atoms with Gasteiger partial charge in [-0.3, -0.25) is 9.59 Å². The molecule has 0 aromatic rings. The van der Waals surface area contributed by atoms with E-state index in [0.717, 1.165) is 51.4 Å². The molecule has 0 aromatic heterocycles. The molecule has 0 bridgehead atoms. The van der Waals surface area contributed by atoms with Gasteiger partial charge in [0.1, 0.15) is 0 Å². The van der Waals surface area contributed by atoms with Crippen molar-refractivity contribution in [3.8, 4) is 0 Å². The Kier molecular flexibility index (Phi) is 6.32. The minimum absolute atomic E-state index is 0.0863. The Morgan fingerprint density at radius 3 is 2.32 bits per heavy atom. The maximum Gasteiger partial charge on any atom is 0.305 e. The summed E-state index contributed by atoms with van der Waals surface area (Å²) < 4.78 is 0. The lowest BCUT2D eigenvalue weighted by Crippen LogP contribution is -2.52. The fourth-order valence-corrected chi connectivity index (χ4v) is 3.08. The lowest BCUT2D eigenvalue weighted by molar-refractivity contribution is -0.146. The number of aliphatic carboxylic acids is 1. The van der Waals surface area contributed by atoms with E-state index >= 15 is 0 Å². The van der Waals surface area contributed by atoms with Crippen LogP contribution in [0.1, 0.15) is 71.1 Å². The summed E-state index contributed by atoms with van der Waals surface area (Å²) in [4.78, 5) is 25.1. The molecule has 4 heteroatoms. The van der Waals surface area contributed by atoms with Crippen molar-refractivity contribution in [2.24, 2.45) is 0 Å². The van der Waals surface area contributed by atoms with E-state index in [9.17, 15) is 9.59 Å². The van der Waals surface area contributed by atoms with Crippen LogP contribution in [-0.4, -0.2) is 34.5 Å². The van der Waals surface area contributed by atoms with Gasteiger partial charge in [0.2, 0.25) is 5.91 Å². The Morgan fingerprint density at radius 2 is 1.79 bits per heavy atom. The number of carboxylic acids is 1. The maximum atomic E-state index is 12.2. The molecule has 1 rings (SSSR count). The Morgan fingerprint density at radius 1 is 1.16 bits per heavy atom. The van der Waals surface area contributed by atoms with Crippen LogP contribution in [0.4, 0.5) is 0 Å². The normalized spacial score (nSPS) is 18.0. The molecule has 1 N–H and O–H groups in total. The van der Waals surface area contributed by atoms with Crippen molar-refractivity contribution in [1.29, 1.82) is 0 Å². The van der Waals surface area contributed by atoms with Gasteiger partial charge in [-0.05, 0) is 19.3 Å². The third-order valence-electron chi connectivity index (χ3n) is 4.34. The number of rotatable bonds is 7. The van der Waals surface area contributed by atoms with Gasteiger partial charge in [0.25, 0.3) is 0 Å². The second kappa shape index (κ2) is 7.51. The Hall–Kier alpha value is -1.06. The number of carbonyl (C=O) groups excluding carboxylic acids is 1. The van der Waals surface area contributed by atoms with Crippen LogP contribution < -0.4 is 0 Å². The highest BCUT2D eigenvalue weighted by molar-refractivity contribution is 5.78. The minimum Gasteiger partial charge on any atom is -0.481 e. The maximum absolute atomic E-state index is 12.2. The summed E-state index contributed by atoms with van der Waals surface area (Å²) in [7, 11) is 1.79. The van der Waals surface area contributed by atoms with Crippen LogP contribution in [0, 0.1) is 0 Å². The number of amides is 1. The third-order valence-corrected chi connectivity index (χ3v) is 4.34. The van der Waals surface area contributed by atoms with E-state index in [-0.39, 0.29) is 12.3 Å². The smallest absolute Gasteiger partial charge is 0.305 e. The predicted octanol–water partition coefficient (Wildman–Crippen LogP) is 3.20. The molecule has 1 fully saturated rings. The molecule has 110 valence electrons. The molecule has 0 aromatic carbocycles. The zero-order valence-electron chi connectivity index (χ0n) is 12.3. The number of nitrogens with zero attached hydrogens (tertiary/aromatic N) is 1. The van der Waals surface area contributed by atoms with Crippen LogP contribution in [0.25, 0.3) is 0 Å². The van der Waals surface area contributed by atoms with Crippen LogP contribution >= 0.6 is 0 Å². The lowest BCUT2D eigenvalue weighted by atomic mass is 9.78. The van der Waals surface area contributed by atoms with E-state index in [4.69, 9.17) is 5.11 Å². The van der Waals surface area contributed by atoms with E-state index in [1.54, 1.807) is 11.9 Å². The fraction of sp³-hybridized carbons (Fsp3) is 0.867. The molecule has 1 saturated carbocycles. The molecule has 0 radical (unpaired) electrons. The molecule has 0 saturated heterocycles. The second-order valence-electron chi connectivity index (χ2n) is 5.77. The number of hydrogen-bond acceptors (Lipinski definition) is 2. The fourth-order valence-electron chi connectivity index (χ4n) is 3.08. The highest BCUT2D eigenvalue weighted by Gasteiger charge is 2.40. The van der Waals surface area contributed by atoms with E-state index in [1.165, 1.54) is 0 Å². The van der Waals surface area contributed by atoms with Crippen LogP contribution in [0.2, 0.25) is 0 Å². The Balaban J connectivity index is 2.67. The van der Waals surface area contributed by atoms with Gasteiger partial charge in [0.15, 0.2) is 0 Å². The van der Waals surface area contributed by atoms with Gasteiger partial charge >= 0.3 is 5.97 Å². The van der Waals surface area contributed by atoms with E-state index in [1.807, 2.05) is 0 Å². The van der Waals surface area contributed by atoms with Crippen LogP contribution in [-0.2, 0) is 9.59 Å². The molecule has 0 atom stereocenters. The molecule has 1 aliphatic carbocycles. The van der Waals surface area contributed by atoms with Crippen molar-refractivity contribution in [2.45, 2.75) is 76.7 Å². The molecule has 0 heterocycles. The summed E-state index contributed by atoms with van der Waals surface area (Å²) in [5.41, 5.74) is -0.437. The number of hydrogen-bond donors (Lipinski definition) is 1. The molecule has 4 nitrogen and oxygen atoms in total. The summed E-state index contributed by atoms with van der Waals surface area (Å²) in [6, 6.07) is 0. The molecule has 1 amide bonds. The highest BCUT2D eigenvalue weighted by Crippen LogP contribution is 2.36. The van der Waals surface area contributed by atoms with Gasteiger partial charge in [-0.1, -0.05) is 39.0 Å². The van der Waals surface area contributed by atoms with Crippen LogP contribution in [0.3, 0.4) is 0 Å². The zero-order valence-corrected chi connectivity index (χ0v) is 12.3. The van der Waals surface area contributed by atoms with Crippen molar-refractivity contribution in [1.82, 2.24) is 4.90 Å². The highest BCUT2D eigenvalue weighted by atomic mass is 16.4. The topological polar surface area (TPSA) is 57.6 Å². The quantitative estimate of drug-likeness (QED) is 0.722. The predicted molar refractivity (Wildman–Crippen MR) is 75.0 cm³/mol. The minimum atomic E-state index is -0.796. The third kappa shape index (κ3) is 4.51. The Labute approximate surface area is 116 Å². The zero-order chi connectivity index (χ0) is 14.3. The van der Waals surface area contributed by atoms with Crippen molar-refractivity contribution in [3.05, 3.63) is 0 Å². The molecular weight excluding hydrogens is 242 g/mol. The van der Waals surface area contributed by atoms with Crippen molar-refractivity contribution >= 4 is 11.9 Å². The van der Waals surface area contributed by atoms with Crippen molar-refractivity contribution < 1.29 is 14.7 Å². The van der Waals surface area contributed by atoms with Crippen LogP contribution in [0.15, 0.2) is 0 Å². The Bertz CT molecular complexity index is 309. The molecule has 19 heavy (non-hydrogen) atoms. The van der Waals surface area contributed by atoms with Gasteiger partial charge < -0.3 is 10.0 Å². The average Bonchev–Trinajstić information content (AvgIpc) is 2.38. The monoisotopic (exact) mass is 269 g/mol. The summed E-state index contributed by atoms with van der Waals surface area (Å²) in [6.07, 6.45) is 8.56. The first kappa shape index (κ1) is 16.0. The molecule has 0 aliphatic heterocycles. The number of unbranched alkanes of at least 4 members (excludes halogenated alkanes) is 2. The molecule has 0 unspecified atom stereocenters. The van der Waals surface area contributed by atoms with Gasteiger partial charge in [-0.15, -0.1) is 0 Å². The molecule has 0 spiro atoms. The van der Waals surface area contributed by atoms with Crippen LogP contribution in [0.5, 0.6) is 0 Å². The lowest BCUT2D eigenvalue weighted by Gasteiger charge is -2.44. The van der Waals surface area contributed by atoms with E-state index < -0.39 is 11.5 Å². The van der Waals surface area contributed by atoms with Gasteiger partial charge in [0, 0.05) is 13.5 Å². The SMILES string of the molecule is CCCCCC(=O)N(C)C1(CC(=O)O)CCCCC1. The van der Waals surface area contributed by atoms with Crippen molar-refractivity contribution in [3.63, 3.8) is 0 Å². The summed E-state index contributed by atoms with van der Waals surface area (Å²) >= 11 is 0. The first-order valence-electron chi connectivity index (χ1n) is 7.50. The average molecular weight is 269 g/mol. The number of carbonyl (C=O) groups is 2. The molecular formula is C15H27NO3. The first-order valence-corrected chi connectivity index (χ1v) is 7.50. The summed E-state index contributed by atoms with van der Waals surface area (Å²) in [5, 5.41) is 9.14. The van der Waals surface area contributed by atoms with E-state index in [0.29, 0.717) is 6.42 Å². The second-order valence-corrected chi connectivity index (χ2v) is 5.77. The largest absolute Gasteiger partial charge is 0.481 e. The standard InChI is InChI=1S/C15H27NO3/c1-3-4-6-9-13(17)16(2)15(12-14(18)19)10-7-5-8-11-15/h3-12H2,1-2H3,(H,18,19). The summed E-state index contributed by atoms with van der Waals surface area (Å²) in [5.74, 6) is -0.688. The van der Waals surface area contributed by atoms with Gasteiger partial charge in [0.05, 0.1) is 12.0 Å². The van der Waals surface area contributed by atoms with Gasteiger partial charge in [-0.2, -0.15) is 0 Å². The van der Waals surface area contributed by atoms with E-state index in [2.05, 4.69) is 6.92 Å². The summed E-state index contributed by atoms with van der Waals surface area (Å²) in [6.45, 7) is 2.11. The number of carboxylic acid groups (broad SMARTS) is 1. The molecule has 1 aliphatic rings.